The number of rotatable bonds is 10. The van der Waals surface area contributed by atoms with E-state index in [2.05, 4.69) is 39.7 Å². The number of nitrogens with one attached hydrogen (secondary N) is 1. The summed E-state index contributed by atoms with van der Waals surface area (Å²) in [4.78, 5) is 12.4. The van der Waals surface area contributed by atoms with Gasteiger partial charge in [0.1, 0.15) is 6.61 Å². The first-order chi connectivity index (χ1) is 14.0. The lowest BCUT2D eigenvalue weighted by molar-refractivity contribution is 0.0954. The van der Waals surface area contributed by atoms with Crippen molar-refractivity contribution in [1.82, 2.24) is 5.43 Å². The third kappa shape index (κ3) is 6.11. The molecular formula is C21H23IN2O5. The van der Waals surface area contributed by atoms with E-state index in [9.17, 15) is 4.79 Å². The van der Waals surface area contributed by atoms with Gasteiger partial charge in [0.2, 0.25) is 0 Å². The van der Waals surface area contributed by atoms with Gasteiger partial charge in [-0.2, -0.15) is 5.10 Å². The van der Waals surface area contributed by atoms with Gasteiger partial charge in [-0.3, -0.25) is 4.79 Å². The number of carbonyl (C=O) groups is 1. The van der Waals surface area contributed by atoms with Crippen molar-refractivity contribution in [2.75, 3.05) is 27.4 Å². The van der Waals surface area contributed by atoms with Crippen LogP contribution in [0, 0.1) is 3.57 Å². The maximum absolute atomic E-state index is 12.4. The van der Waals surface area contributed by atoms with E-state index in [1.165, 1.54) is 7.11 Å². The van der Waals surface area contributed by atoms with E-state index in [0.29, 0.717) is 41.8 Å². The fourth-order valence-electron chi connectivity index (χ4n) is 2.43. The molecule has 0 unspecified atom stereocenters. The number of hydrogen-bond acceptors (Lipinski definition) is 6. The SMILES string of the molecule is C=CCOc1ccc(C(=O)N/N=C/c2cc(I)c(OC)c(OCC)c2)cc1OC. The normalized spacial score (nSPS) is 10.5. The molecule has 2 aromatic rings. The number of methoxy groups -OCH3 is 2. The summed E-state index contributed by atoms with van der Waals surface area (Å²) < 4.78 is 22.6. The molecule has 154 valence electrons. The summed E-state index contributed by atoms with van der Waals surface area (Å²) >= 11 is 2.16. The number of amides is 1. The largest absolute Gasteiger partial charge is 0.493 e. The van der Waals surface area contributed by atoms with E-state index >= 15 is 0 Å². The van der Waals surface area contributed by atoms with Crippen LogP contribution in [-0.2, 0) is 0 Å². The summed E-state index contributed by atoms with van der Waals surface area (Å²) in [7, 11) is 3.10. The average molecular weight is 510 g/mol. The van der Waals surface area contributed by atoms with Crippen LogP contribution in [0.4, 0.5) is 0 Å². The Morgan fingerprint density at radius 2 is 1.93 bits per heavy atom. The van der Waals surface area contributed by atoms with Crippen LogP contribution >= 0.6 is 22.6 Å². The molecule has 0 bridgehead atoms. The molecule has 0 atom stereocenters. The van der Waals surface area contributed by atoms with Crippen molar-refractivity contribution in [1.29, 1.82) is 0 Å². The third-order valence-corrected chi connectivity index (χ3v) is 4.50. The summed E-state index contributed by atoms with van der Waals surface area (Å²) in [6.07, 6.45) is 3.17. The van der Waals surface area contributed by atoms with Gasteiger partial charge in [0, 0.05) is 5.56 Å². The van der Waals surface area contributed by atoms with Crippen LogP contribution in [0.1, 0.15) is 22.8 Å². The number of hydrazone groups is 1. The van der Waals surface area contributed by atoms with Crippen molar-refractivity contribution in [3.05, 3.63) is 57.7 Å². The number of hydrogen-bond donors (Lipinski definition) is 1. The van der Waals surface area contributed by atoms with Crippen LogP contribution in [0.15, 0.2) is 48.1 Å². The number of nitrogens with zero attached hydrogens (tertiary/aromatic N) is 1. The molecule has 2 aromatic carbocycles. The summed E-state index contributed by atoms with van der Waals surface area (Å²) in [5.41, 5.74) is 3.67. The molecule has 0 saturated heterocycles. The maximum atomic E-state index is 12.4. The van der Waals surface area contributed by atoms with Crippen molar-refractivity contribution in [2.24, 2.45) is 5.10 Å². The second kappa shape index (κ2) is 11.3. The monoisotopic (exact) mass is 510 g/mol. The minimum absolute atomic E-state index is 0.344. The molecule has 8 heteroatoms. The average Bonchev–Trinajstić information content (AvgIpc) is 2.72. The molecule has 7 nitrogen and oxygen atoms in total. The van der Waals surface area contributed by atoms with Crippen LogP contribution in [0.25, 0.3) is 0 Å². The van der Waals surface area contributed by atoms with Gasteiger partial charge in [-0.15, -0.1) is 0 Å². The minimum atomic E-state index is -0.372. The van der Waals surface area contributed by atoms with Gasteiger partial charge in [0.15, 0.2) is 23.0 Å². The Morgan fingerprint density at radius 3 is 2.59 bits per heavy atom. The molecular weight excluding hydrogens is 487 g/mol. The zero-order valence-electron chi connectivity index (χ0n) is 16.5. The predicted octanol–water partition coefficient (Wildman–Crippen LogP) is 4.04. The molecule has 0 fully saturated rings. The molecule has 1 amide bonds. The second-order valence-corrected chi connectivity index (χ2v) is 6.79. The number of carbonyl (C=O) groups excluding carboxylic acids is 1. The Hall–Kier alpha value is -2.75. The molecule has 0 heterocycles. The van der Waals surface area contributed by atoms with Crippen LogP contribution in [0.2, 0.25) is 0 Å². The van der Waals surface area contributed by atoms with E-state index < -0.39 is 0 Å². The summed E-state index contributed by atoms with van der Waals surface area (Å²) in [5, 5.41) is 4.03. The quantitative estimate of drug-likeness (QED) is 0.226. The van der Waals surface area contributed by atoms with Crippen molar-refractivity contribution in [2.45, 2.75) is 6.92 Å². The molecule has 1 N–H and O–H groups in total. The van der Waals surface area contributed by atoms with Crippen LogP contribution in [0.5, 0.6) is 23.0 Å². The minimum Gasteiger partial charge on any atom is -0.493 e. The Balaban J connectivity index is 2.12. The van der Waals surface area contributed by atoms with E-state index in [-0.39, 0.29) is 5.91 Å². The van der Waals surface area contributed by atoms with Crippen LogP contribution in [-0.4, -0.2) is 39.6 Å². The van der Waals surface area contributed by atoms with Gasteiger partial charge in [-0.1, -0.05) is 12.7 Å². The lowest BCUT2D eigenvalue weighted by Gasteiger charge is -2.12. The first-order valence-corrected chi connectivity index (χ1v) is 9.87. The molecule has 0 aliphatic carbocycles. The molecule has 0 aliphatic heterocycles. The number of halogens is 1. The predicted molar refractivity (Wildman–Crippen MR) is 121 cm³/mol. The fourth-order valence-corrected chi connectivity index (χ4v) is 3.28. The van der Waals surface area contributed by atoms with Gasteiger partial charge in [0.25, 0.3) is 5.91 Å². The fraction of sp³-hybridized carbons (Fsp3) is 0.238. The van der Waals surface area contributed by atoms with Gasteiger partial charge >= 0.3 is 0 Å². The summed E-state index contributed by atoms with van der Waals surface area (Å²) in [6, 6.07) is 8.57. The lowest BCUT2D eigenvalue weighted by atomic mass is 10.2. The molecule has 0 saturated carbocycles. The zero-order chi connectivity index (χ0) is 21.2. The Morgan fingerprint density at radius 1 is 1.14 bits per heavy atom. The molecule has 0 aliphatic rings. The van der Waals surface area contributed by atoms with Crippen molar-refractivity contribution in [3.8, 4) is 23.0 Å². The van der Waals surface area contributed by atoms with Crippen LogP contribution < -0.4 is 24.4 Å². The van der Waals surface area contributed by atoms with Crippen LogP contribution in [0.3, 0.4) is 0 Å². The first kappa shape index (κ1) is 22.5. The van der Waals surface area contributed by atoms with E-state index in [0.717, 1.165) is 9.13 Å². The highest BCUT2D eigenvalue weighted by Gasteiger charge is 2.12. The number of benzene rings is 2. The standard InChI is InChI=1S/C21H23IN2O5/c1-5-9-29-17-8-7-15(12-18(17)26-3)21(25)24-23-13-14-10-16(22)20(27-4)19(11-14)28-6-2/h5,7-8,10-13H,1,6,9H2,2-4H3,(H,24,25)/b23-13+. The lowest BCUT2D eigenvalue weighted by Crippen LogP contribution is -2.17. The van der Waals surface area contributed by atoms with Gasteiger partial charge in [-0.05, 0) is 65.4 Å². The van der Waals surface area contributed by atoms with E-state index in [1.54, 1.807) is 43.7 Å². The molecule has 0 radical (unpaired) electrons. The second-order valence-electron chi connectivity index (χ2n) is 5.63. The first-order valence-electron chi connectivity index (χ1n) is 8.79. The van der Waals surface area contributed by atoms with Crippen molar-refractivity contribution >= 4 is 34.7 Å². The Bertz CT molecular complexity index is 899. The van der Waals surface area contributed by atoms with E-state index in [4.69, 9.17) is 18.9 Å². The molecule has 0 aromatic heterocycles. The molecule has 2 rings (SSSR count). The highest BCUT2D eigenvalue weighted by molar-refractivity contribution is 14.1. The smallest absolute Gasteiger partial charge is 0.271 e. The van der Waals surface area contributed by atoms with E-state index in [1.807, 2.05) is 13.0 Å². The Labute approximate surface area is 183 Å². The van der Waals surface area contributed by atoms with Gasteiger partial charge in [-0.25, -0.2) is 5.43 Å². The highest BCUT2D eigenvalue weighted by atomic mass is 127. The van der Waals surface area contributed by atoms with Crippen molar-refractivity contribution in [3.63, 3.8) is 0 Å². The third-order valence-electron chi connectivity index (χ3n) is 3.70. The number of ether oxygens (including phenoxy) is 4. The maximum Gasteiger partial charge on any atom is 0.271 e. The zero-order valence-corrected chi connectivity index (χ0v) is 18.7. The topological polar surface area (TPSA) is 78.4 Å². The summed E-state index contributed by atoms with van der Waals surface area (Å²) in [5.74, 6) is 1.90. The highest BCUT2D eigenvalue weighted by Crippen LogP contribution is 2.33. The van der Waals surface area contributed by atoms with Gasteiger partial charge < -0.3 is 18.9 Å². The Kier molecular flexibility index (Phi) is 8.78. The van der Waals surface area contributed by atoms with Crippen molar-refractivity contribution < 1.29 is 23.7 Å². The summed E-state index contributed by atoms with van der Waals surface area (Å²) in [6.45, 7) is 6.36. The molecule has 29 heavy (non-hydrogen) atoms. The van der Waals surface area contributed by atoms with Gasteiger partial charge in [0.05, 0.1) is 30.6 Å². The molecule has 0 spiro atoms.